The lowest BCUT2D eigenvalue weighted by Gasteiger charge is -2.58. The molecule has 1 N–H and O–H groups in total. The summed E-state index contributed by atoms with van der Waals surface area (Å²) in [5.41, 5.74) is 0.0704. The Morgan fingerprint density at radius 1 is 0.952 bits per heavy atom. The first kappa shape index (κ1) is 13.6. The molecule has 3 saturated heterocycles. The number of hydrogen-bond donors (Lipinski definition) is 1. The van der Waals surface area contributed by atoms with Crippen LogP contribution in [0.15, 0.2) is 0 Å². The molecule has 5 heteroatoms. The van der Waals surface area contributed by atoms with Crippen molar-refractivity contribution in [3.05, 3.63) is 0 Å². The topological polar surface area (TPSA) is 52.7 Å². The summed E-state index contributed by atoms with van der Waals surface area (Å²) in [6, 6.07) is 0.643. The molecule has 0 aromatic rings. The molecule has 3 aliphatic heterocycles. The van der Waals surface area contributed by atoms with Gasteiger partial charge in [-0.1, -0.05) is 6.42 Å². The number of fused-ring (bicyclic) bond motifs is 1. The molecule has 2 unspecified atom stereocenters. The normalized spacial score (nSPS) is 34.0. The first-order chi connectivity index (χ1) is 10.2. The van der Waals surface area contributed by atoms with Crippen LogP contribution in [0.25, 0.3) is 0 Å². The van der Waals surface area contributed by atoms with Gasteiger partial charge in [0.25, 0.3) is 0 Å². The highest BCUT2D eigenvalue weighted by molar-refractivity contribution is 6.35. The molecule has 0 aromatic carbocycles. The van der Waals surface area contributed by atoms with Gasteiger partial charge in [-0.3, -0.25) is 14.5 Å². The van der Waals surface area contributed by atoms with Gasteiger partial charge in [-0.05, 0) is 51.5 Å². The SMILES string of the molecule is O=C(NC1CCN2CCCCC12)C(=O)N1CCC12CCC2. The van der Waals surface area contributed by atoms with E-state index in [9.17, 15) is 9.59 Å². The van der Waals surface area contributed by atoms with Gasteiger partial charge in [0, 0.05) is 30.7 Å². The van der Waals surface area contributed by atoms with Gasteiger partial charge in [-0.15, -0.1) is 0 Å². The third-order valence-corrected chi connectivity index (χ3v) is 6.27. The number of carbonyl (C=O) groups is 2. The zero-order valence-electron chi connectivity index (χ0n) is 12.6. The lowest BCUT2D eigenvalue weighted by Crippen LogP contribution is -2.68. The minimum absolute atomic E-state index is 0.0704. The molecule has 21 heavy (non-hydrogen) atoms. The zero-order valence-corrected chi connectivity index (χ0v) is 12.6. The Hall–Kier alpha value is -1.10. The highest BCUT2D eigenvalue weighted by Crippen LogP contribution is 2.47. The molecule has 0 radical (unpaired) electrons. The Kier molecular flexibility index (Phi) is 3.21. The second kappa shape index (κ2) is 4.97. The monoisotopic (exact) mass is 291 g/mol. The number of likely N-dealkylation sites (tertiary alicyclic amines) is 1. The molecular formula is C16H25N3O2. The summed E-state index contributed by atoms with van der Waals surface area (Å²) in [5, 5.41) is 3.04. The number of nitrogens with one attached hydrogen (secondary N) is 1. The smallest absolute Gasteiger partial charge is 0.312 e. The summed E-state index contributed by atoms with van der Waals surface area (Å²) in [5.74, 6) is -0.645. The van der Waals surface area contributed by atoms with Gasteiger partial charge in [0.2, 0.25) is 0 Å². The van der Waals surface area contributed by atoms with E-state index in [-0.39, 0.29) is 23.4 Å². The van der Waals surface area contributed by atoms with Crippen LogP contribution in [0.4, 0.5) is 0 Å². The molecule has 116 valence electrons. The predicted molar refractivity (Wildman–Crippen MR) is 78.7 cm³/mol. The number of rotatable bonds is 1. The molecule has 0 aromatic heterocycles. The first-order valence-corrected chi connectivity index (χ1v) is 8.56. The maximum absolute atomic E-state index is 12.4. The second-order valence-corrected chi connectivity index (χ2v) is 7.25. The van der Waals surface area contributed by atoms with Gasteiger partial charge < -0.3 is 10.2 Å². The number of amides is 2. The molecule has 5 nitrogen and oxygen atoms in total. The van der Waals surface area contributed by atoms with E-state index in [1.54, 1.807) is 0 Å². The second-order valence-electron chi connectivity index (χ2n) is 7.25. The van der Waals surface area contributed by atoms with Crippen LogP contribution in [0.2, 0.25) is 0 Å². The average Bonchev–Trinajstić information content (AvgIpc) is 2.79. The van der Waals surface area contributed by atoms with E-state index < -0.39 is 0 Å². The fraction of sp³-hybridized carbons (Fsp3) is 0.875. The molecular weight excluding hydrogens is 266 g/mol. The van der Waals surface area contributed by atoms with E-state index in [1.165, 1.54) is 19.3 Å². The van der Waals surface area contributed by atoms with Gasteiger partial charge in [-0.2, -0.15) is 0 Å². The maximum atomic E-state index is 12.4. The van der Waals surface area contributed by atoms with Crippen molar-refractivity contribution < 1.29 is 9.59 Å². The van der Waals surface area contributed by atoms with E-state index in [0.717, 1.165) is 51.7 Å². The number of hydrogen-bond acceptors (Lipinski definition) is 3. The molecule has 2 atom stereocenters. The van der Waals surface area contributed by atoms with Crippen LogP contribution >= 0.6 is 0 Å². The lowest BCUT2D eigenvalue weighted by atomic mass is 9.68. The van der Waals surface area contributed by atoms with Crippen molar-refractivity contribution in [2.24, 2.45) is 0 Å². The van der Waals surface area contributed by atoms with E-state index >= 15 is 0 Å². The molecule has 0 bridgehead atoms. The standard InChI is InChI=1S/C16H25N3O2/c20-14(15(21)19-11-8-16(19)6-3-7-16)17-12-5-10-18-9-2-1-4-13(12)18/h12-13H,1-11H2,(H,17,20). The van der Waals surface area contributed by atoms with Crippen molar-refractivity contribution in [2.45, 2.75) is 69.0 Å². The highest BCUT2D eigenvalue weighted by atomic mass is 16.2. The van der Waals surface area contributed by atoms with Crippen LogP contribution in [-0.4, -0.2) is 58.9 Å². The van der Waals surface area contributed by atoms with Crippen LogP contribution in [-0.2, 0) is 9.59 Å². The number of piperidine rings is 1. The van der Waals surface area contributed by atoms with Crippen molar-refractivity contribution in [1.82, 2.24) is 15.1 Å². The van der Waals surface area contributed by atoms with Gasteiger partial charge in [-0.25, -0.2) is 0 Å². The molecule has 1 spiro atoms. The van der Waals surface area contributed by atoms with Crippen molar-refractivity contribution >= 4 is 11.8 Å². The third kappa shape index (κ3) is 2.08. The van der Waals surface area contributed by atoms with Gasteiger partial charge in [0.1, 0.15) is 0 Å². The summed E-state index contributed by atoms with van der Waals surface area (Å²) in [6.07, 6.45) is 9.14. The van der Waals surface area contributed by atoms with Crippen LogP contribution < -0.4 is 5.32 Å². The van der Waals surface area contributed by atoms with Crippen molar-refractivity contribution in [1.29, 1.82) is 0 Å². The first-order valence-electron chi connectivity index (χ1n) is 8.56. The Labute approximate surface area is 126 Å². The summed E-state index contributed by atoms with van der Waals surface area (Å²) >= 11 is 0. The van der Waals surface area contributed by atoms with Crippen LogP contribution in [0.3, 0.4) is 0 Å². The highest BCUT2D eigenvalue weighted by Gasteiger charge is 2.52. The molecule has 1 saturated carbocycles. The largest absolute Gasteiger partial charge is 0.343 e. The van der Waals surface area contributed by atoms with Crippen molar-refractivity contribution in [3.8, 4) is 0 Å². The summed E-state index contributed by atoms with van der Waals surface area (Å²) in [4.78, 5) is 29.0. The number of nitrogens with zero attached hydrogens (tertiary/aromatic N) is 2. The third-order valence-electron chi connectivity index (χ3n) is 6.27. The molecule has 4 fully saturated rings. The molecule has 4 aliphatic rings. The van der Waals surface area contributed by atoms with E-state index in [1.807, 2.05) is 4.90 Å². The molecule has 1 aliphatic carbocycles. The summed E-state index contributed by atoms with van der Waals surface area (Å²) in [7, 11) is 0. The van der Waals surface area contributed by atoms with E-state index in [4.69, 9.17) is 0 Å². The fourth-order valence-corrected chi connectivity index (χ4v) is 4.73. The van der Waals surface area contributed by atoms with Crippen molar-refractivity contribution in [2.75, 3.05) is 19.6 Å². The summed E-state index contributed by atoms with van der Waals surface area (Å²) in [6.45, 7) is 2.99. The van der Waals surface area contributed by atoms with Crippen LogP contribution in [0.1, 0.15) is 51.4 Å². The van der Waals surface area contributed by atoms with E-state index in [2.05, 4.69) is 10.2 Å². The van der Waals surface area contributed by atoms with E-state index in [0.29, 0.717) is 6.04 Å². The Balaban J connectivity index is 1.36. The zero-order chi connectivity index (χ0) is 14.4. The van der Waals surface area contributed by atoms with Crippen molar-refractivity contribution in [3.63, 3.8) is 0 Å². The minimum Gasteiger partial charge on any atom is -0.343 e. The van der Waals surface area contributed by atoms with Gasteiger partial charge >= 0.3 is 11.8 Å². The maximum Gasteiger partial charge on any atom is 0.312 e. The Morgan fingerprint density at radius 2 is 1.81 bits per heavy atom. The predicted octanol–water partition coefficient (Wildman–Crippen LogP) is 0.884. The lowest BCUT2D eigenvalue weighted by molar-refractivity contribution is -0.163. The fourth-order valence-electron chi connectivity index (χ4n) is 4.73. The Bertz CT molecular complexity index is 455. The molecule has 3 heterocycles. The quantitative estimate of drug-likeness (QED) is 0.730. The minimum atomic E-state index is -0.363. The summed E-state index contributed by atoms with van der Waals surface area (Å²) < 4.78 is 0. The molecule has 4 rings (SSSR count). The van der Waals surface area contributed by atoms with Gasteiger partial charge in [0.05, 0.1) is 0 Å². The Morgan fingerprint density at radius 3 is 2.48 bits per heavy atom. The number of carbonyl (C=O) groups excluding carboxylic acids is 2. The average molecular weight is 291 g/mol. The van der Waals surface area contributed by atoms with Crippen LogP contribution in [0, 0.1) is 0 Å². The van der Waals surface area contributed by atoms with Crippen LogP contribution in [0.5, 0.6) is 0 Å². The van der Waals surface area contributed by atoms with Gasteiger partial charge in [0.15, 0.2) is 0 Å². The molecule has 2 amide bonds.